The summed E-state index contributed by atoms with van der Waals surface area (Å²) in [5.74, 6) is 0.00277. The first kappa shape index (κ1) is 13.3. The van der Waals surface area contributed by atoms with Gasteiger partial charge in [0.15, 0.2) is 0 Å². The molecular weight excluding hydrogens is 247 g/mol. The Morgan fingerprint density at radius 3 is 2.44 bits per heavy atom. The van der Waals surface area contributed by atoms with Gasteiger partial charge in [0.2, 0.25) is 0 Å². The van der Waals surface area contributed by atoms with Crippen LogP contribution < -0.4 is 0 Å². The molecule has 1 atom stereocenters. The van der Waals surface area contributed by atoms with E-state index in [0.717, 1.165) is 12.3 Å². The molecule has 18 heavy (non-hydrogen) atoms. The molecule has 1 saturated heterocycles. The molecule has 1 fully saturated rings. The molecule has 2 heterocycles. The second kappa shape index (κ2) is 5.24. The highest BCUT2D eigenvalue weighted by molar-refractivity contribution is 5.18. The van der Waals surface area contributed by atoms with Gasteiger partial charge in [-0.15, -0.1) is 0 Å². The van der Waals surface area contributed by atoms with Gasteiger partial charge in [0.25, 0.3) is 0 Å². The van der Waals surface area contributed by atoms with Gasteiger partial charge in [-0.2, -0.15) is 13.2 Å². The van der Waals surface area contributed by atoms with Crippen LogP contribution in [0.3, 0.4) is 0 Å². The van der Waals surface area contributed by atoms with E-state index in [-0.39, 0.29) is 11.6 Å². The Kier molecular flexibility index (Phi) is 3.87. The van der Waals surface area contributed by atoms with Crippen molar-refractivity contribution in [3.05, 3.63) is 29.6 Å². The SMILES string of the molecule is OC(c1ccc(C(F)(F)F)cn1)C1CCOCC1. The average Bonchev–Trinajstić information content (AvgIpc) is 2.38. The molecule has 1 aromatic heterocycles. The zero-order chi connectivity index (χ0) is 13.2. The van der Waals surface area contributed by atoms with Crippen LogP contribution in [0.4, 0.5) is 13.2 Å². The van der Waals surface area contributed by atoms with Gasteiger partial charge in [0, 0.05) is 19.4 Å². The summed E-state index contributed by atoms with van der Waals surface area (Å²) in [5, 5.41) is 10.0. The summed E-state index contributed by atoms with van der Waals surface area (Å²) in [6.07, 6.45) is -3.06. The Morgan fingerprint density at radius 2 is 1.94 bits per heavy atom. The summed E-state index contributed by atoms with van der Waals surface area (Å²) in [6, 6.07) is 2.19. The monoisotopic (exact) mass is 261 g/mol. The van der Waals surface area contributed by atoms with E-state index < -0.39 is 17.8 Å². The Morgan fingerprint density at radius 1 is 1.28 bits per heavy atom. The van der Waals surface area contributed by atoms with Crippen molar-refractivity contribution in [1.82, 2.24) is 4.98 Å². The standard InChI is InChI=1S/C12H14F3NO2/c13-12(14,15)9-1-2-10(16-7-9)11(17)8-3-5-18-6-4-8/h1-2,7-8,11,17H,3-6H2. The zero-order valence-corrected chi connectivity index (χ0v) is 9.65. The lowest BCUT2D eigenvalue weighted by Crippen LogP contribution is -2.22. The summed E-state index contributed by atoms with van der Waals surface area (Å²) >= 11 is 0. The Bertz CT molecular complexity index is 385. The molecule has 1 aromatic rings. The molecule has 100 valence electrons. The molecular formula is C12H14F3NO2. The van der Waals surface area contributed by atoms with Gasteiger partial charge in [-0.25, -0.2) is 0 Å². The lowest BCUT2D eigenvalue weighted by atomic mass is 9.91. The number of alkyl halides is 3. The third-order valence-electron chi connectivity index (χ3n) is 3.13. The number of aromatic nitrogens is 1. The molecule has 1 N–H and O–H groups in total. The fraction of sp³-hybridized carbons (Fsp3) is 0.583. The molecule has 0 bridgehead atoms. The van der Waals surface area contributed by atoms with E-state index in [9.17, 15) is 18.3 Å². The Balaban J connectivity index is 2.09. The highest BCUT2D eigenvalue weighted by atomic mass is 19.4. The maximum absolute atomic E-state index is 12.4. The number of halogens is 3. The largest absolute Gasteiger partial charge is 0.417 e. The van der Waals surface area contributed by atoms with Crippen molar-refractivity contribution in [2.75, 3.05) is 13.2 Å². The molecule has 1 aliphatic heterocycles. The van der Waals surface area contributed by atoms with E-state index in [2.05, 4.69) is 4.98 Å². The van der Waals surface area contributed by atoms with Crippen LogP contribution in [-0.2, 0) is 10.9 Å². The lowest BCUT2D eigenvalue weighted by Gasteiger charge is -2.26. The predicted octanol–water partition coefficient (Wildman–Crippen LogP) is 2.56. The van der Waals surface area contributed by atoms with Gasteiger partial charge in [0.05, 0.1) is 17.4 Å². The number of ether oxygens (including phenoxy) is 1. The molecule has 0 spiro atoms. The summed E-state index contributed by atoms with van der Waals surface area (Å²) < 4.78 is 42.2. The molecule has 6 heteroatoms. The fourth-order valence-electron chi connectivity index (χ4n) is 2.02. The van der Waals surface area contributed by atoms with Gasteiger partial charge in [-0.05, 0) is 30.9 Å². The first-order chi connectivity index (χ1) is 8.48. The van der Waals surface area contributed by atoms with Crippen molar-refractivity contribution in [2.45, 2.75) is 25.1 Å². The molecule has 1 aliphatic rings. The van der Waals surface area contributed by atoms with Crippen molar-refractivity contribution in [1.29, 1.82) is 0 Å². The van der Waals surface area contributed by atoms with Crippen LogP contribution in [0, 0.1) is 5.92 Å². The van der Waals surface area contributed by atoms with Gasteiger partial charge >= 0.3 is 6.18 Å². The van der Waals surface area contributed by atoms with Crippen LogP contribution >= 0.6 is 0 Å². The maximum atomic E-state index is 12.4. The van der Waals surface area contributed by atoms with E-state index in [1.807, 2.05) is 0 Å². The third kappa shape index (κ3) is 3.00. The summed E-state index contributed by atoms with van der Waals surface area (Å²) in [4.78, 5) is 3.71. The van der Waals surface area contributed by atoms with Crippen molar-refractivity contribution >= 4 is 0 Å². The number of rotatable bonds is 2. The number of aliphatic hydroxyl groups excluding tert-OH is 1. The molecule has 0 amide bonds. The van der Waals surface area contributed by atoms with E-state index in [1.165, 1.54) is 6.07 Å². The average molecular weight is 261 g/mol. The maximum Gasteiger partial charge on any atom is 0.417 e. The minimum atomic E-state index is -4.39. The highest BCUT2D eigenvalue weighted by Crippen LogP contribution is 2.32. The zero-order valence-electron chi connectivity index (χ0n) is 9.65. The van der Waals surface area contributed by atoms with Crippen LogP contribution in [0.25, 0.3) is 0 Å². The molecule has 2 rings (SSSR count). The fourth-order valence-corrected chi connectivity index (χ4v) is 2.02. The topological polar surface area (TPSA) is 42.4 Å². The normalized spacial score (nSPS) is 19.8. The summed E-state index contributed by atoms with van der Waals surface area (Å²) in [5.41, 5.74) is -0.514. The second-order valence-electron chi connectivity index (χ2n) is 4.36. The number of hydrogen-bond acceptors (Lipinski definition) is 3. The Labute approximate surface area is 103 Å². The lowest BCUT2D eigenvalue weighted by molar-refractivity contribution is -0.137. The van der Waals surface area contributed by atoms with Crippen LogP contribution in [0.2, 0.25) is 0 Å². The van der Waals surface area contributed by atoms with E-state index in [0.29, 0.717) is 26.1 Å². The van der Waals surface area contributed by atoms with Crippen LogP contribution in [0.5, 0.6) is 0 Å². The van der Waals surface area contributed by atoms with Crippen molar-refractivity contribution < 1.29 is 23.0 Å². The van der Waals surface area contributed by atoms with E-state index >= 15 is 0 Å². The first-order valence-electron chi connectivity index (χ1n) is 5.77. The highest BCUT2D eigenvalue weighted by Gasteiger charge is 2.31. The minimum absolute atomic E-state index is 0.00277. The number of nitrogens with zero attached hydrogens (tertiary/aromatic N) is 1. The summed E-state index contributed by atoms with van der Waals surface area (Å²) in [6.45, 7) is 1.14. The number of aliphatic hydroxyl groups is 1. The van der Waals surface area contributed by atoms with Crippen molar-refractivity contribution in [2.24, 2.45) is 5.92 Å². The number of hydrogen-bond donors (Lipinski definition) is 1. The van der Waals surface area contributed by atoms with Crippen molar-refractivity contribution in [3.8, 4) is 0 Å². The van der Waals surface area contributed by atoms with Crippen LogP contribution in [0.15, 0.2) is 18.3 Å². The van der Waals surface area contributed by atoms with Gasteiger partial charge in [-0.1, -0.05) is 0 Å². The second-order valence-corrected chi connectivity index (χ2v) is 4.36. The smallest absolute Gasteiger partial charge is 0.387 e. The van der Waals surface area contributed by atoms with Crippen molar-refractivity contribution in [3.63, 3.8) is 0 Å². The van der Waals surface area contributed by atoms with Crippen LogP contribution in [-0.4, -0.2) is 23.3 Å². The molecule has 0 saturated carbocycles. The van der Waals surface area contributed by atoms with Gasteiger partial charge < -0.3 is 9.84 Å². The summed E-state index contributed by atoms with van der Waals surface area (Å²) in [7, 11) is 0. The van der Waals surface area contributed by atoms with E-state index in [1.54, 1.807) is 0 Å². The molecule has 0 radical (unpaired) electrons. The van der Waals surface area contributed by atoms with Gasteiger partial charge in [-0.3, -0.25) is 4.98 Å². The first-order valence-corrected chi connectivity index (χ1v) is 5.77. The minimum Gasteiger partial charge on any atom is -0.387 e. The predicted molar refractivity (Wildman–Crippen MR) is 57.7 cm³/mol. The van der Waals surface area contributed by atoms with Gasteiger partial charge in [0.1, 0.15) is 0 Å². The quantitative estimate of drug-likeness (QED) is 0.889. The molecule has 0 aliphatic carbocycles. The number of pyridine rings is 1. The van der Waals surface area contributed by atoms with Crippen LogP contribution in [0.1, 0.15) is 30.2 Å². The molecule has 3 nitrogen and oxygen atoms in total. The third-order valence-corrected chi connectivity index (χ3v) is 3.13. The molecule has 1 unspecified atom stereocenters. The molecule has 0 aromatic carbocycles. The Hall–Kier alpha value is -1.14. The van der Waals surface area contributed by atoms with E-state index in [4.69, 9.17) is 4.74 Å².